The summed E-state index contributed by atoms with van der Waals surface area (Å²) in [4.78, 5) is 4.45. The van der Waals surface area contributed by atoms with E-state index in [0.29, 0.717) is 24.1 Å². The summed E-state index contributed by atoms with van der Waals surface area (Å²) in [5.74, 6) is 2.54. The van der Waals surface area contributed by atoms with Gasteiger partial charge < -0.3 is 20.1 Å². The fourth-order valence-corrected chi connectivity index (χ4v) is 2.52. The molecular weight excluding hydrogens is 330 g/mol. The quantitative estimate of drug-likeness (QED) is 0.673. The molecule has 0 saturated carbocycles. The van der Waals surface area contributed by atoms with Crippen LogP contribution in [0.3, 0.4) is 0 Å². The van der Waals surface area contributed by atoms with Gasteiger partial charge in [-0.25, -0.2) is 0 Å². The van der Waals surface area contributed by atoms with Crippen LogP contribution in [-0.2, 0) is 6.54 Å². The molecule has 0 amide bonds. The first kappa shape index (κ1) is 17.5. The molecule has 0 radical (unpaired) electrons. The molecule has 3 aromatic rings. The zero-order chi connectivity index (χ0) is 18.4. The minimum Gasteiger partial charge on any atom is -0.496 e. The van der Waals surface area contributed by atoms with Gasteiger partial charge in [-0.2, -0.15) is 10.1 Å². The van der Waals surface area contributed by atoms with Crippen LogP contribution in [0.25, 0.3) is 0 Å². The molecule has 7 nitrogen and oxygen atoms in total. The van der Waals surface area contributed by atoms with Crippen molar-refractivity contribution in [2.45, 2.75) is 13.5 Å². The van der Waals surface area contributed by atoms with E-state index >= 15 is 0 Å². The van der Waals surface area contributed by atoms with Gasteiger partial charge in [0.25, 0.3) is 0 Å². The number of anilines is 3. The topological polar surface area (TPSA) is 81.2 Å². The highest BCUT2D eigenvalue weighted by atomic mass is 16.5. The van der Waals surface area contributed by atoms with Crippen molar-refractivity contribution >= 4 is 17.5 Å². The molecule has 0 unspecified atom stereocenters. The molecule has 2 aromatic carbocycles. The highest BCUT2D eigenvalue weighted by molar-refractivity contribution is 5.63. The van der Waals surface area contributed by atoms with E-state index in [0.717, 1.165) is 22.6 Å². The lowest BCUT2D eigenvalue weighted by molar-refractivity contribution is 0.410. The van der Waals surface area contributed by atoms with E-state index in [4.69, 9.17) is 9.47 Å². The maximum Gasteiger partial charge on any atom is 0.249 e. The number of hydrogen-bond acceptors (Lipinski definition) is 7. The Morgan fingerprint density at radius 2 is 1.81 bits per heavy atom. The summed E-state index contributed by atoms with van der Waals surface area (Å²) < 4.78 is 10.7. The van der Waals surface area contributed by atoms with Gasteiger partial charge in [-0.1, -0.05) is 24.3 Å². The Morgan fingerprint density at radius 3 is 2.62 bits per heavy atom. The lowest BCUT2D eigenvalue weighted by Gasteiger charge is -2.12. The highest BCUT2D eigenvalue weighted by Gasteiger charge is 2.07. The van der Waals surface area contributed by atoms with E-state index in [1.807, 2.05) is 49.4 Å². The molecule has 1 heterocycles. The molecule has 0 saturated heterocycles. The van der Waals surface area contributed by atoms with E-state index < -0.39 is 0 Å². The Balaban J connectivity index is 1.73. The predicted molar refractivity (Wildman–Crippen MR) is 101 cm³/mol. The Hall–Kier alpha value is -3.35. The second-order valence-electron chi connectivity index (χ2n) is 5.66. The average Bonchev–Trinajstić information content (AvgIpc) is 2.67. The van der Waals surface area contributed by atoms with Crippen LogP contribution in [0.5, 0.6) is 11.5 Å². The summed E-state index contributed by atoms with van der Waals surface area (Å²) in [7, 11) is 3.28. The molecule has 2 N–H and O–H groups in total. The summed E-state index contributed by atoms with van der Waals surface area (Å²) in [6.07, 6.45) is 1.58. The Bertz CT molecular complexity index is 885. The van der Waals surface area contributed by atoms with Gasteiger partial charge in [-0.05, 0) is 30.7 Å². The number of methoxy groups -OCH3 is 2. The van der Waals surface area contributed by atoms with Crippen LogP contribution >= 0.6 is 0 Å². The second kappa shape index (κ2) is 8.15. The summed E-state index contributed by atoms with van der Waals surface area (Å²) in [5.41, 5.74) is 2.92. The summed E-state index contributed by atoms with van der Waals surface area (Å²) in [6, 6.07) is 13.7. The van der Waals surface area contributed by atoms with Crippen molar-refractivity contribution in [1.82, 2.24) is 15.2 Å². The van der Waals surface area contributed by atoms with Crippen molar-refractivity contribution in [3.8, 4) is 11.5 Å². The first-order valence-electron chi connectivity index (χ1n) is 8.16. The minimum absolute atomic E-state index is 0.388. The third-order valence-electron chi connectivity index (χ3n) is 3.81. The van der Waals surface area contributed by atoms with E-state index in [1.54, 1.807) is 20.4 Å². The zero-order valence-electron chi connectivity index (χ0n) is 15.0. The van der Waals surface area contributed by atoms with Crippen molar-refractivity contribution < 1.29 is 9.47 Å². The number of aryl methyl sites for hydroxylation is 1. The van der Waals surface area contributed by atoms with Gasteiger partial charge in [0.05, 0.1) is 26.1 Å². The first-order chi connectivity index (χ1) is 12.7. The SMILES string of the molecule is COc1ccccc1CNc1cnnc(Nc2cc(C)ccc2OC)n1. The normalized spacial score (nSPS) is 10.3. The smallest absolute Gasteiger partial charge is 0.249 e. The summed E-state index contributed by atoms with van der Waals surface area (Å²) in [6.45, 7) is 2.57. The van der Waals surface area contributed by atoms with Crippen LogP contribution in [0.4, 0.5) is 17.5 Å². The third-order valence-corrected chi connectivity index (χ3v) is 3.81. The van der Waals surface area contributed by atoms with Crippen molar-refractivity contribution in [1.29, 1.82) is 0 Å². The van der Waals surface area contributed by atoms with Crippen molar-refractivity contribution in [3.63, 3.8) is 0 Å². The number of rotatable bonds is 7. The van der Waals surface area contributed by atoms with E-state index in [2.05, 4.69) is 25.8 Å². The van der Waals surface area contributed by atoms with Gasteiger partial charge in [-0.15, -0.1) is 5.10 Å². The van der Waals surface area contributed by atoms with Crippen LogP contribution in [0.15, 0.2) is 48.7 Å². The monoisotopic (exact) mass is 351 g/mol. The Morgan fingerprint density at radius 1 is 1.00 bits per heavy atom. The molecule has 0 spiro atoms. The standard InChI is InChI=1S/C19H21N5O2/c1-13-8-9-17(26-3)15(10-13)22-19-23-18(12-21-24-19)20-11-14-6-4-5-7-16(14)25-2/h4-10,12H,11H2,1-3H3,(H2,20,22,23,24). The summed E-state index contributed by atoms with van der Waals surface area (Å²) in [5, 5.41) is 14.4. The van der Waals surface area contributed by atoms with Crippen LogP contribution in [0.2, 0.25) is 0 Å². The molecule has 3 rings (SSSR count). The van der Waals surface area contributed by atoms with Crippen LogP contribution in [0, 0.1) is 6.92 Å². The van der Waals surface area contributed by atoms with Gasteiger partial charge >= 0.3 is 0 Å². The van der Waals surface area contributed by atoms with Crippen molar-refractivity contribution in [2.24, 2.45) is 0 Å². The largest absolute Gasteiger partial charge is 0.496 e. The molecule has 7 heteroatoms. The van der Waals surface area contributed by atoms with E-state index in [-0.39, 0.29) is 0 Å². The molecule has 134 valence electrons. The summed E-state index contributed by atoms with van der Waals surface area (Å²) >= 11 is 0. The number of para-hydroxylation sites is 1. The van der Waals surface area contributed by atoms with Crippen molar-refractivity contribution in [2.75, 3.05) is 24.9 Å². The van der Waals surface area contributed by atoms with Gasteiger partial charge in [0.1, 0.15) is 11.5 Å². The second-order valence-corrected chi connectivity index (χ2v) is 5.66. The molecule has 0 fully saturated rings. The number of benzene rings is 2. The molecule has 0 aliphatic carbocycles. The molecule has 0 atom stereocenters. The molecule has 0 bridgehead atoms. The van der Waals surface area contributed by atoms with Crippen molar-refractivity contribution in [3.05, 3.63) is 59.8 Å². The average molecular weight is 351 g/mol. The number of aromatic nitrogens is 3. The first-order valence-corrected chi connectivity index (χ1v) is 8.16. The Labute approximate surface area is 152 Å². The Kier molecular flexibility index (Phi) is 5.48. The molecule has 26 heavy (non-hydrogen) atoms. The molecule has 1 aromatic heterocycles. The zero-order valence-corrected chi connectivity index (χ0v) is 15.0. The van der Waals surface area contributed by atoms with Gasteiger partial charge in [0.15, 0.2) is 5.82 Å². The van der Waals surface area contributed by atoms with Crippen LogP contribution in [0.1, 0.15) is 11.1 Å². The van der Waals surface area contributed by atoms with Gasteiger partial charge in [0, 0.05) is 12.1 Å². The number of nitrogens with one attached hydrogen (secondary N) is 2. The molecule has 0 aliphatic rings. The van der Waals surface area contributed by atoms with Crippen LogP contribution < -0.4 is 20.1 Å². The lowest BCUT2D eigenvalue weighted by Crippen LogP contribution is -2.07. The fourth-order valence-electron chi connectivity index (χ4n) is 2.52. The lowest BCUT2D eigenvalue weighted by atomic mass is 10.2. The van der Waals surface area contributed by atoms with Gasteiger partial charge in [0.2, 0.25) is 5.95 Å². The molecule has 0 aliphatic heterocycles. The van der Waals surface area contributed by atoms with Gasteiger partial charge in [-0.3, -0.25) is 0 Å². The minimum atomic E-state index is 0.388. The fraction of sp³-hybridized carbons (Fsp3) is 0.211. The predicted octanol–water partition coefficient (Wildman–Crippen LogP) is 3.55. The van der Waals surface area contributed by atoms with E-state index in [1.165, 1.54) is 0 Å². The number of nitrogens with zero attached hydrogens (tertiary/aromatic N) is 3. The highest BCUT2D eigenvalue weighted by Crippen LogP contribution is 2.27. The molecular formula is C19H21N5O2. The van der Waals surface area contributed by atoms with Crippen LogP contribution in [-0.4, -0.2) is 29.4 Å². The third kappa shape index (κ3) is 4.18. The number of ether oxygens (including phenoxy) is 2. The van der Waals surface area contributed by atoms with E-state index in [9.17, 15) is 0 Å². The number of hydrogen-bond donors (Lipinski definition) is 2. The maximum absolute atomic E-state index is 5.37. The maximum atomic E-state index is 5.37.